The predicted octanol–water partition coefficient (Wildman–Crippen LogP) is 1.81. The molecule has 0 aliphatic carbocycles. The minimum absolute atomic E-state index is 0.115. The Balaban J connectivity index is 1.78. The fraction of sp³-hybridized carbons (Fsp3) is 0.500. The molecule has 0 spiro atoms. The lowest BCUT2D eigenvalue weighted by Crippen LogP contribution is -2.32. The number of hydrogen-bond acceptors (Lipinski definition) is 3. The van der Waals surface area contributed by atoms with Crippen molar-refractivity contribution in [1.82, 2.24) is 4.90 Å². The number of aryl methyl sites for hydroxylation is 1. The normalized spacial score (nSPS) is 17.7. The van der Waals surface area contributed by atoms with Crippen molar-refractivity contribution < 1.29 is 19.4 Å². The summed E-state index contributed by atoms with van der Waals surface area (Å²) in [5, 5.41) is 8.83. The Kier molecular flexibility index (Phi) is 5.33. The summed E-state index contributed by atoms with van der Waals surface area (Å²) >= 11 is 0. The molecule has 0 bridgehead atoms. The number of carbonyl (C=O) groups is 2. The maximum atomic E-state index is 12.1. The molecule has 1 aromatic carbocycles. The van der Waals surface area contributed by atoms with Crippen LogP contribution in [0.25, 0.3) is 0 Å². The molecule has 1 aliphatic rings. The van der Waals surface area contributed by atoms with Crippen molar-refractivity contribution in [1.29, 1.82) is 0 Å². The molecule has 5 nitrogen and oxygen atoms in total. The van der Waals surface area contributed by atoms with E-state index in [1.807, 2.05) is 7.05 Å². The molecule has 1 heterocycles. The summed E-state index contributed by atoms with van der Waals surface area (Å²) in [6, 6.07) is 6.67. The topological polar surface area (TPSA) is 66.8 Å². The van der Waals surface area contributed by atoms with Crippen molar-refractivity contribution in [3.63, 3.8) is 0 Å². The van der Waals surface area contributed by atoms with E-state index in [2.05, 4.69) is 0 Å². The molecule has 1 atom stereocenters. The van der Waals surface area contributed by atoms with E-state index in [0.717, 1.165) is 31.7 Å². The first-order chi connectivity index (χ1) is 10.1. The molecule has 5 heteroatoms. The van der Waals surface area contributed by atoms with Gasteiger partial charge >= 0.3 is 5.97 Å². The third-order valence-electron chi connectivity index (χ3n) is 3.81. The highest BCUT2D eigenvalue weighted by atomic mass is 16.5. The van der Waals surface area contributed by atoms with Crippen LogP contribution in [-0.2, 0) is 16.0 Å². The molecule has 1 saturated heterocycles. The molecule has 1 aromatic rings. The van der Waals surface area contributed by atoms with Gasteiger partial charge in [-0.2, -0.15) is 0 Å². The van der Waals surface area contributed by atoms with Crippen LogP contribution >= 0.6 is 0 Å². The molecular formula is C16H21NO4. The number of hydrogen-bond donors (Lipinski definition) is 1. The largest absolute Gasteiger partial charge is 0.478 e. The summed E-state index contributed by atoms with van der Waals surface area (Å²) in [6.07, 6.45) is 2.09. The van der Waals surface area contributed by atoms with Crippen LogP contribution in [0.1, 0.15) is 28.8 Å². The maximum absolute atomic E-state index is 12.1. The van der Waals surface area contributed by atoms with Crippen LogP contribution in [0.3, 0.4) is 0 Å². The summed E-state index contributed by atoms with van der Waals surface area (Å²) in [4.78, 5) is 24.6. The van der Waals surface area contributed by atoms with Crippen LogP contribution in [0.2, 0.25) is 0 Å². The number of carboxylic acid groups (broad SMARTS) is 1. The van der Waals surface area contributed by atoms with Crippen molar-refractivity contribution in [2.75, 3.05) is 26.8 Å². The van der Waals surface area contributed by atoms with Gasteiger partial charge in [-0.05, 0) is 30.5 Å². The molecule has 1 N–H and O–H groups in total. The Morgan fingerprint density at radius 1 is 1.33 bits per heavy atom. The number of rotatable bonds is 6. The second-order valence-electron chi connectivity index (χ2n) is 5.51. The van der Waals surface area contributed by atoms with Gasteiger partial charge in [-0.25, -0.2) is 4.79 Å². The third kappa shape index (κ3) is 4.56. The number of benzene rings is 1. The Morgan fingerprint density at radius 2 is 2.05 bits per heavy atom. The van der Waals surface area contributed by atoms with Gasteiger partial charge in [-0.3, -0.25) is 4.79 Å². The summed E-state index contributed by atoms with van der Waals surface area (Å²) in [6.45, 7) is 2.29. The Hall–Kier alpha value is -1.88. The summed E-state index contributed by atoms with van der Waals surface area (Å²) in [5.74, 6) is -0.367. The molecule has 1 fully saturated rings. The number of carbonyl (C=O) groups excluding carboxylic acids is 1. The van der Waals surface area contributed by atoms with Crippen LogP contribution in [-0.4, -0.2) is 48.7 Å². The van der Waals surface area contributed by atoms with Gasteiger partial charge in [0.05, 0.1) is 12.2 Å². The molecule has 0 radical (unpaired) electrons. The zero-order valence-electron chi connectivity index (χ0n) is 12.2. The quantitative estimate of drug-likeness (QED) is 0.868. The van der Waals surface area contributed by atoms with E-state index in [4.69, 9.17) is 9.84 Å². The first-order valence-electron chi connectivity index (χ1n) is 7.20. The zero-order valence-corrected chi connectivity index (χ0v) is 12.2. The fourth-order valence-electron chi connectivity index (χ4n) is 2.47. The molecule has 1 unspecified atom stereocenters. The highest BCUT2D eigenvalue weighted by Gasteiger charge is 2.19. The summed E-state index contributed by atoms with van der Waals surface area (Å²) in [7, 11) is 1.83. The van der Waals surface area contributed by atoms with E-state index in [1.54, 1.807) is 29.2 Å². The fourth-order valence-corrected chi connectivity index (χ4v) is 2.47. The van der Waals surface area contributed by atoms with Crippen molar-refractivity contribution in [3.05, 3.63) is 35.4 Å². The minimum atomic E-state index is -0.934. The van der Waals surface area contributed by atoms with Gasteiger partial charge in [-0.15, -0.1) is 0 Å². The lowest BCUT2D eigenvalue weighted by Gasteiger charge is -2.20. The van der Waals surface area contributed by atoms with Gasteiger partial charge in [0, 0.05) is 32.5 Å². The summed E-state index contributed by atoms with van der Waals surface area (Å²) in [5.41, 5.74) is 1.24. The van der Waals surface area contributed by atoms with E-state index >= 15 is 0 Å². The highest BCUT2D eigenvalue weighted by molar-refractivity contribution is 5.87. The van der Waals surface area contributed by atoms with E-state index in [1.165, 1.54) is 0 Å². The van der Waals surface area contributed by atoms with Crippen LogP contribution in [0.15, 0.2) is 24.3 Å². The summed E-state index contributed by atoms with van der Waals surface area (Å²) < 4.78 is 5.31. The van der Waals surface area contributed by atoms with Gasteiger partial charge in [-0.1, -0.05) is 12.1 Å². The van der Waals surface area contributed by atoms with E-state index < -0.39 is 5.97 Å². The van der Waals surface area contributed by atoms with Gasteiger partial charge in [0.15, 0.2) is 0 Å². The molecule has 1 amide bonds. The van der Waals surface area contributed by atoms with Crippen molar-refractivity contribution in [3.8, 4) is 0 Å². The molecule has 114 valence electrons. The van der Waals surface area contributed by atoms with Crippen LogP contribution < -0.4 is 0 Å². The zero-order chi connectivity index (χ0) is 15.2. The van der Waals surface area contributed by atoms with E-state index in [9.17, 15) is 9.59 Å². The average molecular weight is 291 g/mol. The highest BCUT2D eigenvalue weighted by Crippen LogP contribution is 2.14. The number of amides is 1. The SMILES string of the molecule is CN(CC1CCOC1)C(=O)CCc1ccc(C(=O)O)cc1. The van der Waals surface area contributed by atoms with Crippen LogP contribution in [0, 0.1) is 5.92 Å². The number of carboxylic acids is 1. The van der Waals surface area contributed by atoms with Crippen molar-refractivity contribution in [2.24, 2.45) is 5.92 Å². The third-order valence-corrected chi connectivity index (χ3v) is 3.81. The first-order valence-corrected chi connectivity index (χ1v) is 7.20. The van der Waals surface area contributed by atoms with E-state index in [0.29, 0.717) is 18.8 Å². The second-order valence-corrected chi connectivity index (χ2v) is 5.51. The van der Waals surface area contributed by atoms with E-state index in [-0.39, 0.29) is 11.5 Å². The molecule has 0 aromatic heterocycles. The standard InChI is InChI=1S/C16H21NO4/c1-17(10-13-8-9-21-11-13)15(18)7-4-12-2-5-14(6-3-12)16(19)20/h2-3,5-6,13H,4,7-11H2,1H3,(H,19,20). The molecular weight excluding hydrogens is 270 g/mol. The second kappa shape index (κ2) is 7.22. The molecule has 21 heavy (non-hydrogen) atoms. The maximum Gasteiger partial charge on any atom is 0.335 e. The number of aromatic carboxylic acids is 1. The smallest absolute Gasteiger partial charge is 0.335 e. The number of nitrogens with zero attached hydrogens (tertiary/aromatic N) is 1. The van der Waals surface area contributed by atoms with Gasteiger partial charge in [0.2, 0.25) is 5.91 Å². The predicted molar refractivity (Wildman–Crippen MR) is 78.3 cm³/mol. The number of ether oxygens (including phenoxy) is 1. The van der Waals surface area contributed by atoms with Crippen LogP contribution in [0.4, 0.5) is 0 Å². The Labute approximate surface area is 124 Å². The molecule has 2 rings (SSSR count). The van der Waals surface area contributed by atoms with Gasteiger partial charge in [0.25, 0.3) is 0 Å². The lowest BCUT2D eigenvalue weighted by atomic mass is 10.1. The monoisotopic (exact) mass is 291 g/mol. The Bertz CT molecular complexity index is 492. The molecule has 0 saturated carbocycles. The first kappa shape index (κ1) is 15.5. The van der Waals surface area contributed by atoms with Crippen LogP contribution in [0.5, 0.6) is 0 Å². The molecule has 1 aliphatic heterocycles. The lowest BCUT2D eigenvalue weighted by molar-refractivity contribution is -0.130. The van der Waals surface area contributed by atoms with Crippen molar-refractivity contribution >= 4 is 11.9 Å². The van der Waals surface area contributed by atoms with Gasteiger partial charge < -0.3 is 14.7 Å². The van der Waals surface area contributed by atoms with Gasteiger partial charge in [0.1, 0.15) is 0 Å². The van der Waals surface area contributed by atoms with Crippen molar-refractivity contribution in [2.45, 2.75) is 19.3 Å². The minimum Gasteiger partial charge on any atom is -0.478 e. The Morgan fingerprint density at radius 3 is 2.62 bits per heavy atom. The average Bonchev–Trinajstić information content (AvgIpc) is 2.98.